The van der Waals surface area contributed by atoms with Gasteiger partial charge in [-0.3, -0.25) is 0 Å². The van der Waals surface area contributed by atoms with Crippen LogP contribution >= 0.6 is 27.5 Å². The van der Waals surface area contributed by atoms with Crippen LogP contribution in [0, 0.1) is 0 Å². The fourth-order valence-electron chi connectivity index (χ4n) is 0.685. The zero-order valence-electron chi connectivity index (χ0n) is 6.10. The van der Waals surface area contributed by atoms with E-state index < -0.39 is 5.57 Å². The molecule has 0 aromatic heterocycles. The number of phenolic OH excluding ortho intramolecular Hbond substituents is 1. The molecule has 0 unspecified atom stereocenters. The Morgan fingerprint density at radius 1 is 1.46 bits per heavy atom. The van der Waals surface area contributed by atoms with Gasteiger partial charge in [0.15, 0.2) is 0 Å². The van der Waals surface area contributed by atoms with E-state index in [1.807, 2.05) is 0 Å². The van der Waals surface area contributed by atoms with E-state index in [1.165, 1.54) is 18.2 Å². The van der Waals surface area contributed by atoms with Crippen molar-refractivity contribution in [3.8, 4) is 11.5 Å². The minimum absolute atomic E-state index is 0.0646. The van der Waals surface area contributed by atoms with Crippen LogP contribution in [0.2, 0.25) is 0 Å². The Kier molecular flexibility index (Phi) is 2.98. The van der Waals surface area contributed by atoms with E-state index in [-0.39, 0.29) is 16.0 Å². The molecule has 0 aliphatic heterocycles. The van der Waals surface area contributed by atoms with E-state index in [0.29, 0.717) is 0 Å². The largest absolute Gasteiger partial charge is 0.507 e. The fourth-order valence-corrected chi connectivity index (χ4v) is 1.13. The molecule has 13 heavy (non-hydrogen) atoms. The molecule has 0 aliphatic carbocycles. The van der Waals surface area contributed by atoms with Gasteiger partial charge in [-0.05, 0) is 34.1 Å². The molecule has 0 saturated heterocycles. The first-order chi connectivity index (χ1) is 5.88. The standard InChI is InChI=1S/C7H4BrClF2O2/c8-5-3-4(1-2-6(5)12)13-7(9,10)11/h1-3,12H. The minimum atomic E-state index is -3.74. The average Bonchev–Trinajstić information content (AvgIpc) is 1.94. The maximum Gasteiger partial charge on any atom is 0.487 e. The topological polar surface area (TPSA) is 29.5 Å². The van der Waals surface area contributed by atoms with Crippen LogP contribution in [-0.4, -0.2) is 10.7 Å². The Morgan fingerprint density at radius 3 is 2.54 bits per heavy atom. The molecular weight excluding hydrogens is 269 g/mol. The maximum atomic E-state index is 12.1. The molecule has 0 spiro atoms. The highest BCUT2D eigenvalue weighted by molar-refractivity contribution is 9.10. The van der Waals surface area contributed by atoms with Crippen molar-refractivity contribution in [2.24, 2.45) is 0 Å². The molecule has 0 saturated carbocycles. The van der Waals surface area contributed by atoms with Gasteiger partial charge in [0.25, 0.3) is 0 Å². The second-order valence-corrected chi connectivity index (χ2v) is 3.46. The molecule has 1 aromatic carbocycles. The highest BCUT2D eigenvalue weighted by atomic mass is 79.9. The smallest absolute Gasteiger partial charge is 0.487 e. The van der Waals surface area contributed by atoms with Gasteiger partial charge in [-0.25, -0.2) is 0 Å². The van der Waals surface area contributed by atoms with Gasteiger partial charge in [0.1, 0.15) is 11.5 Å². The summed E-state index contributed by atoms with van der Waals surface area (Å²) >= 11 is 7.46. The predicted molar refractivity (Wildman–Crippen MR) is 47.2 cm³/mol. The number of benzene rings is 1. The first-order valence-electron chi connectivity index (χ1n) is 3.13. The number of aromatic hydroxyl groups is 1. The molecule has 72 valence electrons. The summed E-state index contributed by atoms with van der Waals surface area (Å²) in [5.41, 5.74) is -3.74. The fraction of sp³-hybridized carbons (Fsp3) is 0.143. The molecule has 1 rings (SSSR count). The van der Waals surface area contributed by atoms with Crippen molar-refractivity contribution in [3.63, 3.8) is 0 Å². The Bertz CT molecular complexity index is 314. The number of alkyl halides is 3. The molecule has 1 aromatic rings. The summed E-state index contributed by atoms with van der Waals surface area (Å²) < 4.78 is 28.5. The number of hydrogen-bond acceptors (Lipinski definition) is 2. The average molecular weight is 273 g/mol. The Hall–Kier alpha value is -0.550. The summed E-state index contributed by atoms with van der Waals surface area (Å²) in [5.74, 6) is -0.199. The predicted octanol–water partition coefficient (Wildman–Crippen LogP) is 3.32. The first-order valence-corrected chi connectivity index (χ1v) is 4.30. The van der Waals surface area contributed by atoms with Crippen LogP contribution in [0.15, 0.2) is 22.7 Å². The highest BCUT2D eigenvalue weighted by Crippen LogP contribution is 2.31. The van der Waals surface area contributed by atoms with Crippen LogP contribution in [0.25, 0.3) is 0 Å². The highest BCUT2D eigenvalue weighted by Gasteiger charge is 2.27. The molecule has 0 atom stereocenters. The number of halogens is 4. The van der Waals surface area contributed by atoms with Crippen molar-refractivity contribution in [1.82, 2.24) is 0 Å². The van der Waals surface area contributed by atoms with Gasteiger partial charge in [0.05, 0.1) is 4.47 Å². The van der Waals surface area contributed by atoms with Crippen molar-refractivity contribution < 1.29 is 18.6 Å². The molecule has 0 heterocycles. The van der Waals surface area contributed by atoms with Gasteiger partial charge in [-0.2, -0.15) is 0 Å². The Balaban J connectivity index is 2.86. The second-order valence-electron chi connectivity index (χ2n) is 2.16. The van der Waals surface area contributed by atoms with Crippen LogP contribution in [0.5, 0.6) is 11.5 Å². The van der Waals surface area contributed by atoms with Gasteiger partial charge in [-0.15, -0.1) is 8.78 Å². The van der Waals surface area contributed by atoms with Crippen LogP contribution in [-0.2, 0) is 0 Å². The van der Waals surface area contributed by atoms with Crippen LogP contribution in [0.4, 0.5) is 8.78 Å². The monoisotopic (exact) mass is 272 g/mol. The minimum Gasteiger partial charge on any atom is -0.507 e. The lowest BCUT2D eigenvalue weighted by atomic mass is 10.3. The normalized spacial score (nSPS) is 11.4. The number of hydrogen-bond donors (Lipinski definition) is 1. The zero-order chi connectivity index (χ0) is 10.1. The van der Waals surface area contributed by atoms with Crippen LogP contribution in [0.3, 0.4) is 0 Å². The zero-order valence-corrected chi connectivity index (χ0v) is 8.44. The summed E-state index contributed by atoms with van der Waals surface area (Å²) in [6.07, 6.45) is 0. The van der Waals surface area contributed by atoms with E-state index in [1.54, 1.807) is 0 Å². The molecule has 1 N–H and O–H groups in total. The summed E-state index contributed by atoms with van der Waals surface area (Å²) in [4.78, 5) is 0. The third-order valence-electron chi connectivity index (χ3n) is 1.15. The molecule has 0 amide bonds. The van der Waals surface area contributed by atoms with E-state index >= 15 is 0 Å². The third kappa shape index (κ3) is 3.36. The van der Waals surface area contributed by atoms with Gasteiger partial charge in [0, 0.05) is 11.6 Å². The van der Waals surface area contributed by atoms with Crippen molar-refractivity contribution >= 4 is 27.5 Å². The Morgan fingerprint density at radius 2 is 2.08 bits per heavy atom. The molecular formula is C7H4BrClF2O2. The molecule has 2 nitrogen and oxygen atoms in total. The quantitative estimate of drug-likeness (QED) is 0.838. The number of ether oxygens (including phenoxy) is 1. The van der Waals surface area contributed by atoms with Crippen molar-refractivity contribution in [2.45, 2.75) is 5.57 Å². The first kappa shape index (κ1) is 10.5. The van der Waals surface area contributed by atoms with Crippen molar-refractivity contribution in [2.75, 3.05) is 0 Å². The van der Waals surface area contributed by atoms with Gasteiger partial charge < -0.3 is 9.84 Å². The van der Waals surface area contributed by atoms with Crippen LogP contribution < -0.4 is 4.74 Å². The molecule has 0 radical (unpaired) electrons. The van der Waals surface area contributed by atoms with Crippen LogP contribution in [0.1, 0.15) is 0 Å². The lowest BCUT2D eigenvalue weighted by Crippen LogP contribution is -2.15. The summed E-state index contributed by atoms with van der Waals surface area (Å²) in [6.45, 7) is 0. The summed E-state index contributed by atoms with van der Waals surface area (Å²) in [5, 5.41) is 9.02. The lowest BCUT2D eigenvalue weighted by Gasteiger charge is -2.10. The lowest BCUT2D eigenvalue weighted by molar-refractivity contribution is -0.0965. The van der Waals surface area contributed by atoms with E-state index in [9.17, 15) is 8.78 Å². The van der Waals surface area contributed by atoms with E-state index in [2.05, 4.69) is 32.3 Å². The van der Waals surface area contributed by atoms with Crippen molar-refractivity contribution in [3.05, 3.63) is 22.7 Å². The van der Waals surface area contributed by atoms with Crippen molar-refractivity contribution in [1.29, 1.82) is 0 Å². The second kappa shape index (κ2) is 3.67. The molecule has 0 fully saturated rings. The Labute approximate surface area is 86.2 Å². The van der Waals surface area contributed by atoms with Gasteiger partial charge in [0.2, 0.25) is 0 Å². The third-order valence-corrected chi connectivity index (χ3v) is 1.87. The summed E-state index contributed by atoms with van der Waals surface area (Å²) in [6, 6.07) is 3.57. The van der Waals surface area contributed by atoms with Gasteiger partial charge >= 0.3 is 5.57 Å². The van der Waals surface area contributed by atoms with Gasteiger partial charge in [-0.1, -0.05) is 0 Å². The SMILES string of the molecule is Oc1ccc(OC(F)(F)Cl)cc1Br. The molecule has 0 aliphatic rings. The van der Waals surface area contributed by atoms with E-state index in [4.69, 9.17) is 5.11 Å². The maximum absolute atomic E-state index is 12.1. The van der Waals surface area contributed by atoms with E-state index in [0.717, 1.165) is 0 Å². The molecule has 6 heteroatoms. The number of rotatable bonds is 2. The molecule has 0 bridgehead atoms. The summed E-state index contributed by atoms with van der Waals surface area (Å²) in [7, 11) is 0. The number of phenols is 1.